The van der Waals surface area contributed by atoms with E-state index in [9.17, 15) is 9.59 Å². The highest BCUT2D eigenvalue weighted by atomic mass is 16.6. The molecule has 2 N–H and O–H groups in total. The molecule has 2 amide bonds. The third-order valence-electron chi connectivity index (χ3n) is 4.73. The van der Waals surface area contributed by atoms with Crippen LogP contribution in [0.5, 0.6) is 0 Å². The SMILES string of the molecule is CCC(=O)Nc1ccc2[nH]cc(C3CCN(C(=O)OC(C)(C)C)CC3)c2n1. The van der Waals surface area contributed by atoms with Crippen LogP contribution in [-0.4, -0.2) is 45.6 Å². The number of rotatable bonds is 3. The third kappa shape index (κ3) is 4.59. The molecule has 146 valence electrons. The lowest BCUT2D eigenvalue weighted by Crippen LogP contribution is -2.41. The van der Waals surface area contributed by atoms with E-state index in [4.69, 9.17) is 4.74 Å². The van der Waals surface area contributed by atoms with Crippen molar-refractivity contribution in [3.8, 4) is 0 Å². The van der Waals surface area contributed by atoms with Gasteiger partial charge < -0.3 is 19.9 Å². The summed E-state index contributed by atoms with van der Waals surface area (Å²) in [6.07, 6.45) is 3.89. The maximum absolute atomic E-state index is 12.2. The van der Waals surface area contributed by atoms with E-state index in [0.717, 1.165) is 29.4 Å². The Morgan fingerprint density at radius 3 is 2.63 bits per heavy atom. The first-order valence-electron chi connectivity index (χ1n) is 9.52. The fraction of sp³-hybridized carbons (Fsp3) is 0.550. The highest BCUT2D eigenvalue weighted by Gasteiger charge is 2.28. The summed E-state index contributed by atoms with van der Waals surface area (Å²) in [5.41, 5.74) is 2.50. The van der Waals surface area contributed by atoms with Gasteiger partial charge in [-0.3, -0.25) is 4.79 Å². The van der Waals surface area contributed by atoms with Crippen LogP contribution < -0.4 is 5.32 Å². The molecular formula is C20H28N4O3. The molecule has 0 unspecified atom stereocenters. The van der Waals surface area contributed by atoms with Gasteiger partial charge in [0.1, 0.15) is 11.4 Å². The first kappa shape index (κ1) is 19.2. The van der Waals surface area contributed by atoms with Crippen LogP contribution in [0.4, 0.5) is 10.6 Å². The van der Waals surface area contributed by atoms with Crippen LogP contribution in [0.2, 0.25) is 0 Å². The van der Waals surface area contributed by atoms with E-state index in [1.165, 1.54) is 0 Å². The molecule has 0 atom stereocenters. The van der Waals surface area contributed by atoms with Crippen molar-refractivity contribution >= 4 is 28.9 Å². The largest absolute Gasteiger partial charge is 0.444 e. The Hall–Kier alpha value is -2.57. The maximum Gasteiger partial charge on any atom is 0.410 e. The number of hydrogen-bond donors (Lipinski definition) is 2. The third-order valence-corrected chi connectivity index (χ3v) is 4.73. The van der Waals surface area contributed by atoms with Gasteiger partial charge in [-0.25, -0.2) is 9.78 Å². The number of nitrogens with zero attached hydrogens (tertiary/aromatic N) is 2. The van der Waals surface area contributed by atoms with Crippen molar-refractivity contribution in [2.24, 2.45) is 0 Å². The van der Waals surface area contributed by atoms with Crippen LogP contribution in [0.3, 0.4) is 0 Å². The molecule has 2 aromatic rings. The molecule has 0 radical (unpaired) electrons. The monoisotopic (exact) mass is 372 g/mol. The molecule has 1 fully saturated rings. The molecule has 27 heavy (non-hydrogen) atoms. The molecule has 0 bridgehead atoms. The number of anilines is 1. The summed E-state index contributed by atoms with van der Waals surface area (Å²) >= 11 is 0. The summed E-state index contributed by atoms with van der Waals surface area (Å²) in [6.45, 7) is 8.78. The van der Waals surface area contributed by atoms with Crippen molar-refractivity contribution in [2.45, 2.75) is 58.5 Å². The van der Waals surface area contributed by atoms with Gasteiger partial charge in [-0.2, -0.15) is 0 Å². The summed E-state index contributed by atoms with van der Waals surface area (Å²) in [4.78, 5) is 33.5. The lowest BCUT2D eigenvalue weighted by Gasteiger charge is -2.33. The van der Waals surface area contributed by atoms with Crippen LogP contribution in [0.15, 0.2) is 18.3 Å². The summed E-state index contributed by atoms with van der Waals surface area (Å²) < 4.78 is 5.46. The molecule has 1 aliphatic heterocycles. The number of carbonyl (C=O) groups excluding carboxylic acids is 2. The number of H-pyrrole nitrogens is 1. The Bertz CT molecular complexity index is 829. The number of pyridine rings is 1. The van der Waals surface area contributed by atoms with E-state index in [0.29, 0.717) is 31.2 Å². The minimum absolute atomic E-state index is 0.0513. The quantitative estimate of drug-likeness (QED) is 0.852. The van der Waals surface area contributed by atoms with E-state index in [1.807, 2.05) is 40.0 Å². The van der Waals surface area contributed by atoms with Crippen molar-refractivity contribution in [1.29, 1.82) is 0 Å². The molecule has 3 heterocycles. The number of aromatic amines is 1. The second kappa shape index (κ2) is 7.58. The van der Waals surface area contributed by atoms with Crippen LogP contribution in [0, 0.1) is 0 Å². The molecule has 0 aromatic carbocycles. The molecule has 1 aliphatic rings. The van der Waals surface area contributed by atoms with Crippen molar-refractivity contribution in [2.75, 3.05) is 18.4 Å². The van der Waals surface area contributed by atoms with Gasteiger partial charge in [0.2, 0.25) is 5.91 Å². The minimum Gasteiger partial charge on any atom is -0.444 e. The number of hydrogen-bond acceptors (Lipinski definition) is 4. The Balaban J connectivity index is 1.70. The molecule has 1 saturated heterocycles. The molecule has 0 aliphatic carbocycles. The van der Waals surface area contributed by atoms with Crippen molar-refractivity contribution in [3.05, 3.63) is 23.9 Å². The van der Waals surface area contributed by atoms with Gasteiger partial charge >= 0.3 is 6.09 Å². The van der Waals surface area contributed by atoms with E-state index in [2.05, 4.69) is 15.3 Å². The number of piperidine rings is 1. The fourth-order valence-corrected chi connectivity index (χ4v) is 3.33. The lowest BCUT2D eigenvalue weighted by atomic mass is 9.90. The Morgan fingerprint density at radius 1 is 1.30 bits per heavy atom. The zero-order valence-corrected chi connectivity index (χ0v) is 16.5. The molecule has 0 saturated carbocycles. The predicted molar refractivity (Wildman–Crippen MR) is 105 cm³/mol. The van der Waals surface area contributed by atoms with Gasteiger partial charge in [0.05, 0.1) is 11.0 Å². The smallest absolute Gasteiger partial charge is 0.410 e. The van der Waals surface area contributed by atoms with E-state index < -0.39 is 5.60 Å². The normalized spacial score (nSPS) is 15.8. The number of fused-ring (bicyclic) bond motifs is 1. The lowest BCUT2D eigenvalue weighted by molar-refractivity contribution is -0.115. The van der Waals surface area contributed by atoms with Crippen LogP contribution in [0.25, 0.3) is 11.0 Å². The highest BCUT2D eigenvalue weighted by Crippen LogP contribution is 2.33. The topological polar surface area (TPSA) is 87.3 Å². The fourth-order valence-electron chi connectivity index (χ4n) is 3.33. The summed E-state index contributed by atoms with van der Waals surface area (Å²) in [5.74, 6) is 0.841. The number of carbonyl (C=O) groups is 2. The highest BCUT2D eigenvalue weighted by molar-refractivity contribution is 5.91. The van der Waals surface area contributed by atoms with E-state index in [1.54, 1.807) is 11.0 Å². The maximum atomic E-state index is 12.2. The van der Waals surface area contributed by atoms with Gasteiger partial charge in [0.25, 0.3) is 0 Å². The number of nitrogens with one attached hydrogen (secondary N) is 2. The van der Waals surface area contributed by atoms with Crippen LogP contribution in [-0.2, 0) is 9.53 Å². The number of amides is 2. The average molecular weight is 372 g/mol. The average Bonchev–Trinajstić information content (AvgIpc) is 3.03. The summed E-state index contributed by atoms with van der Waals surface area (Å²) in [5, 5.41) is 2.81. The van der Waals surface area contributed by atoms with Crippen molar-refractivity contribution in [3.63, 3.8) is 0 Å². The van der Waals surface area contributed by atoms with Gasteiger partial charge in [0, 0.05) is 25.7 Å². The molecule has 7 heteroatoms. The number of likely N-dealkylation sites (tertiary alicyclic amines) is 1. The number of ether oxygens (including phenoxy) is 1. The van der Waals surface area contributed by atoms with E-state index >= 15 is 0 Å². The first-order valence-corrected chi connectivity index (χ1v) is 9.52. The Labute approximate surface area is 159 Å². The zero-order valence-electron chi connectivity index (χ0n) is 16.5. The molecule has 2 aromatic heterocycles. The predicted octanol–water partition coefficient (Wildman–Crippen LogP) is 4.03. The van der Waals surface area contributed by atoms with Crippen molar-refractivity contribution in [1.82, 2.24) is 14.9 Å². The minimum atomic E-state index is -0.478. The van der Waals surface area contributed by atoms with E-state index in [-0.39, 0.29) is 12.0 Å². The van der Waals surface area contributed by atoms with Gasteiger partial charge in [-0.1, -0.05) is 6.92 Å². The first-order chi connectivity index (χ1) is 12.8. The van der Waals surface area contributed by atoms with Gasteiger partial charge in [-0.15, -0.1) is 0 Å². The van der Waals surface area contributed by atoms with Gasteiger partial charge in [-0.05, 0) is 57.2 Å². The zero-order chi connectivity index (χ0) is 19.6. The summed E-state index contributed by atoms with van der Waals surface area (Å²) in [6, 6.07) is 3.74. The van der Waals surface area contributed by atoms with Crippen LogP contribution in [0.1, 0.15) is 58.4 Å². The Morgan fingerprint density at radius 2 is 2.00 bits per heavy atom. The second-order valence-corrected chi connectivity index (χ2v) is 7.98. The standard InChI is InChI=1S/C20H28N4O3/c1-5-17(25)22-16-7-6-15-18(23-16)14(12-21-15)13-8-10-24(11-9-13)19(26)27-20(2,3)4/h6-7,12-13,21H,5,8-11H2,1-4H3,(H,22,23,25). The van der Waals surface area contributed by atoms with Crippen LogP contribution >= 0.6 is 0 Å². The molecule has 0 spiro atoms. The summed E-state index contributed by atoms with van der Waals surface area (Å²) in [7, 11) is 0. The molecule has 3 rings (SSSR count). The van der Waals surface area contributed by atoms with Gasteiger partial charge in [0.15, 0.2) is 0 Å². The molecule has 7 nitrogen and oxygen atoms in total. The number of aromatic nitrogens is 2. The van der Waals surface area contributed by atoms with Crippen molar-refractivity contribution < 1.29 is 14.3 Å². The Kier molecular flexibility index (Phi) is 5.39. The molecular weight excluding hydrogens is 344 g/mol. The second-order valence-electron chi connectivity index (χ2n) is 7.98.